The molecule has 0 aliphatic heterocycles. The van der Waals surface area contributed by atoms with Crippen molar-refractivity contribution in [2.24, 2.45) is 5.92 Å². The molecule has 0 bridgehead atoms. The molecule has 0 heterocycles. The summed E-state index contributed by atoms with van der Waals surface area (Å²) in [4.78, 5) is 22.3. The van der Waals surface area contributed by atoms with Gasteiger partial charge in [0.1, 0.15) is 6.10 Å². The molecule has 0 aromatic rings. The molecule has 3 unspecified atom stereocenters. The third-order valence-electron chi connectivity index (χ3n) is 3.10. The van der Waals surface area contributed by atoms with E-state index in [-0.39, 0.29) is 12.5 Å². The SMILES string of the molecule is C=CC(=O)OCC1CCC(OC(=O)C(=C)C)C(O)C1. The smallest absolute Gasteiger partial charge is 0.333 e. The molecule has 1 rings (SSSR count). The number of aliphatic hydroxyl groups is 1. The first kappa shape index (κ1) is 15.4. The summed E-state index contributed by atoms with van der Waals surface area (Å²) < 4.78 is 10.1. The van der Waals surface area contributed by atoms with E-state index in [0.717, 1.165) is 12.5 Å². The van der Waals surface area contributed by atoms with Gasteiger partial charge in [-0.15, -0.1) is 0 Å². The number of rotatable bonds is 5. The van der Waals surface area contributed by atoms with Gasteiger partial charge in [-0.25, -0.2) is 9.59 Å². The molecule has 1 N–H and O–H groups in total. The van der Waals surface area contributed by atoms with Gasteiger partial charge in [-0.05, 0) is 32.1 Å². The Labute approximate surface area is 112 Å². The average Bonchev–Trinajstić information content (AvgIpc) is 2.38. The molecule has 106 valence electrons. The van der Waals surface area contributed by atoms with E-state index < -0.39 is 24.1 Å². The fourth-order valence-corrected chi connectivity index (χ4v) is 1.99. The molecule has 0 aromatic heterocycles. The lowest BCUT2D eigenvalue weighted by molar-refractivity contribution is -0.155. The molecule has 0 amide bonds. The Kier molecular flexibility index (Phi) is 5.76. The number of ether oxygens (including phenoxy) is 2. The fraction of sp³-hybridized carbons (Fsp3) is 0.571. The molecule has 0 spiro atoms. The topological polar surface area (TPSA) is 72.8 Å². The highest BCUT2D eigenvalue weighted by molar-refractivity contribution is 5.87. The van der Waals surface area contributed by atoms with Gasteiger partial charge in [0.15, 0.2) is 0 Å². The van der Waals surface area contributed by atoms with Gasteiger partial charge < -0.3 is 14.6 Å². The van der Waals surface area contributed by atoms with E-state index in [9.17, 15) is 14.7 Å². The minimum Gasteiger partial charge on any atom is -0.462 e. The van der Waals surface area contributed by atoms with Crippen molar-refractivity contribution in [3.8, 4) is 0 Å². The normalized spacial score (nSPS) is 26.3. The van der Waals surface area contributed by atoms with Crippen molar-refractivity contribution in [1.29, 1.82) is 0 Å². The van der Waals surface area contributed by atoms with E-state index in [1.165, 1.54) is 0 Å². The first-order valence-corrected chi connectivity index (χ1v) is 6.27. The Bertz CT molecular complexity index is 374. The van der Waals surface area contributed by atoms with Crippen molar-refractivity contribution in [3.63, 3.8) is 0 Å². The zero-order valence-electron chi connectivity index (χ0n) is 11.1. The highest BCUT2D eigenvalue weighted by Gasteiger charge is 2.32. The van der Waals surface area contributed by atoms with Gasteiger partial charge in [-0.2, -0.15) is 0 Å². The van der Waals surface area contributed by atoms with Crippen LogP contribution in [0, 0.1) is 5.92 Å². The minimum atomic E-state index is -0.732. The molecule has 0 aromatic carbocycles. The summed E-state index contributed by atoms with van der Waals surface area (Å²) in [6.07, 6.45) is 1.60. The van der Waals surface area contributed by atoms with E-state index in [4.69, 9.17) is 9.47 Å². The molecular formula is C14H20O5. The van der Waals surface area contributed by atoms with Crippen molar-refractivity contribution in [2.45, 2.75) is 38.4 Å². The number of carbonyl (C=O) groups excluding carboxylic acids is 2. The van der Waals surface area contributed by atoms with Gasteiger partial charge in [0.25, 0.3) is 0 Å². The summed E-state index contributed by atoms with van der Waals surface area (Å²) in [5.41, 5.74) is 0.314. The quantitative estimate of drug-likeness (QED) is 0.602. The number of carbonyl (C=O) groups is 2. The summed E-state index contributed by atoms with van der Waals surface area (Å²) in [5.74, 6) is -0.871. The fourth-order valence-electron chi connectivity index (χ4n) is 1.99. The summed E-state index contributed by atoms with van der Waals surface area (Å²) in [7, 11) is 0. The minimum absolute atomic E-state index is 0.0821. The van der Waals surface area contributed by atoms with E-state index in [1.54, 1.807) is 6.92 Å². The standard InChI is InChI=1S/C14H20O5/c1-4-13(16)18-8-10-5-6-12(11(15)7-10)19-14(17)9(2)3/h4,10-12,15H,1-2,5-8H2,3H3. The summed E-state index contributed by atoms with van der Waals surface area (Å²) >= 11 is 0. The number of hydrogen-bond acceptors (Lipinski definition) is 5. The van der Waals surface area contributed by atoms with Crippen LogP contribution in [0.15, 0.2) is 24.8 Å². The van der Waals surface area contributed by atoms with Gasteiger partial charge in [0.05, 0.1) is 12.7 Å². The third-order valence-corrected chi connectivity index (χ3v) is 3.10. The lowest BCUT2D eigenvalue weighted by atomic mass is 9.86. The second kappa shape index (κ2) is 7.09. The zero-order chi connectivity index (χ0) is 14.4. The van der Waals surface area contributed by atoms with E-state index >= 15 is 0 Å². The summed E-state index contributed by atoms with van der Waals surface area (Å²) in [6, 6.07) is 0. The van der Waals surface area contributed by atoms with Crippen LogP contribution in [-0.2, 0) is 19.1 Å². The molecule has 1 saturated carbocycles. The maximum atomic E-state index is 11.4. The largest absolute Gasteiger partial charge is 0.462 e. The second-order valence-corrected chi connectivity index (χ2v) is 4.80. The van der Waals surface area contributed by atoms with Crippen molar-refractivity contribution in [3.05, 3.63) is 24.8 Å². The highest BCUT2D eigenvalue weighted by atomic mass is 16.6. The van der Waals surface area contributed by atoms with E-state index in [1.807, 2.05) is 0 Å². The molecule has 1 fully saturated rings. The second-order valence-electron chi connectivity index (χ2n) is 4.80. The maximum absolute atomic E-state index is 11.4. The van der Waals surface area contributed by atoms with Gasteiger partial charge in [0, 0.05) is 11.6 Å². The molecule has 5 heteroatoms. The van der Waals surface area contributed by atoms with Crippen LogP contribution in [0.5, 0.6) is 0 Å². The van der Waals surface area contributed by atoms with Crippen LogP contribution in [0.25, 0.3) is 0 Å². The van der Waals surface area contributed by atoms with Gasteiger partial charge in [-0.1, -0.05) is 13.2 Å². The van der Waals surface area contributed by atoms with Crippen LogP contribution < -0.4 is 0 Å². The maximum Gasteiger partial charge on any atom is 0.333 e. The lowest BCUT2D eigenvalue weighted by Gasteiger charge is -2.32. The monoisotopic (exact) mass is 268 g/mol. The Morgan fingerprint density at radius 1 is 1.42 bits per heavy atom. The van der Waals surface area contributed by atoms with Crippen LogP contribution in [0.4, 0.5) is 0 Å². The van der Waals surface area contributed by atoms with Gasteiger partial charge >= 0.3 is 11.9 Å². The number of hydrogen-bond donors (Lipinski definition) is 1. The van der Waals surface area contributed by atoms with Crippen molar-refractivity contribution < 1.29 is 24.2 Å². The van der Waals surface area contributed by atoms with Crippen molar-refractivity contribution in [2.75, 3.05) is 6.61 Å². The van der Waals surface area contributed by atoms with Crippen LogP contribution in [0.3, 0.4) is 0 Å². The highest BCUT2D eigenvalue weighted by Crippen LogP contribution is 2.27. The zero-order valence-corrected chi connectivity index (χ0v) is 11.1. The number of esters is 2. The molecule has 19 heavy (non-hydrogen) atoms. The molecule has 1 aliphatic carbocycles. The Hall–Kier alpha value is -1.62. The molecule has 0 saturated heterocycles. The summed E-state index contributed by atoms with van der Waals surface area (Å²) in [5, 5.41) is 9.92. The predicted molar refractivity (Wildman–Crippen MR) is 69.2 cm³/mol. The van der Waals surface area contributed by atoms with Crippen LogP contribution >= 0.6 is 0 Å². The molecule has 1 aliphatic rings. The van der Waals surface area contributed by atoms with Crippen LogP contribution in [0.1, 0.15) is 26.2 Å². The van der Waals surface area contributed by atoms with E-state index in [0.29, 0.717) is 18.4 Å². The molecular weight excluding hydrogens is 248 g/mol. The molecule has 3 atom stereocenters. The van der Waals surface area contributed by atoms with E-state index in [2.05, 4.69) is 13.2 Å². The number of aliphatic hydroxyl groups excluding tert-OH is 1. The van der Waals surface area contributed by atoms with Crippen molar-refractivity contribution in [1.82, 2.24) is 0 Å². The molecule has 5 nitrogen and oxygen atoms in total. The third kappa shape index (κ3) is 4.87. The Balaban J connectivity index is 2.38. The molecule has 0 radical (unpaired) electrons. The van der Waals surface area contributed by atoms with Crippen molar-refractivity contribution >= 4 is 11.9 Å². The first-order valence-electron chi connectivity index (χ1n) is 6.27. The predicted octanol–water partition coefficient (Wildman–Crippen LogP) is 1.36. The summed E-state index contributed by atoms with van der Waals surface area (Å²) in [6.45, 7) is 8.62. The Morgan fingerprint density at radius 2 is 2.11 bits per heavy atom. The average molecular weight is 268 g/mol. The Morgan fingerprint density at radius 3 is 2.63 bits per heavy atom. The van der Waals surface area contributed by atoms with Crippen LogP contribution in [-0.4, -0.2) is 35.9 Å². The van der Waals surface area contributed by atoms with Gasteiger partial charge in [0.2, 0.25) is 0 Å². The lowest BCUT2D eigenvalue weighted by Crippen LogP contribution is -2.38. The van der Waals surface area contributed by atoms with Gasteiger partial charge in [-0.3, -0.25) is 0 Å². The van der Waals surface area contributed by atoms with Crippen LogP contribution in [0.2, 0.25) is 0 Å². The first-order chi connectivity index (χ1) is 8.93.